The van der Waals surface area contributed by atoms with Crippen LogP contribution in [-0.4, -0.2) is 31.3 Å². The normalized spacial score (nSPS) is 15.0. The van der Waals surface area contributed by atoms with E-state index < -0.39 is 16.9 Å². The molecule has 0 saturated carbocycles. The van der Waals surface area contributed by atoms with Crippen LogP contribution in [0.3, 0.4) is 0 Å². The molecule has 0 bridgehead atoms. The lowest BCUT2D eigenvalue weighted by atomic mass is 10.1. The van der Waals surface area contributed by atoms with Crippen LogP contribution in [0.4, 0.5) is 17.3 Å². The highest BCUT2D eigenvalue weighted by Crippen LogP contribution is 2.37. The molecular weight excluding hydrogens is 424 g/mol. The number of benzene rings is 2. The van der Waals surface area contributed by atoms with Crippen molar-refractivity contribution in [2.24, 2.45) is 0 Å². The third-order valence-corrected chi connectivity index (χ3v) is 5.45. The Kier molecular flexibility index (Phi) is 5.02. The predicted octanol–water partition coefficient (Wildman–Crippen LogP) is 3.46. The average Bonchev–Trinajstić information content (AvgIpc) is 3.30. The Morgan fingerprint density at radius 2 is 1.91 bits per heavy atom. The second kappa shape index (κ2) is 8.15. The highest BCUT2D eigenvalue weighted by Gasteiger charge is 2.41. The van der Waals surface area contributed by atoms with Gasteiger partial charge in [0, 0.05) is 24.0 Å². The number of para-hydroxylation sites is 2. The van der Waals surface area contributed by atoms with Gasteiger partial charge in [-0.2, -0.15) is 0 Å². The topological polar surface area (TPSA) is 123 Å². The van der Waals surface area contributed by atoms with Crippen LogP contribution in [0.2, 0.25) is 0 Å². The van der Waals surface area contributed by atoms with Gasteiger partial charge in [0.25, 0.3) is 11.6 Å². The van der Waals surface area contributed by atoms with Crippen molar-refractivity contribution in [2.45, 2.75) is 19.0 Å². The molecule has 5 rings (SSSR count). The van der Waals surface area contributed by atoms with Crippen LogP contribution < -0.4 is 10.2 Å². The fourth-order valence-electron chi connectivity index (χ4n) is 3.98. The predicted molar refractivity (Wildman–Crippen MR) is 121 cm³/mol. The largest absolute Gasteiger partial charge is 0.326 e. The molecule has 4 aromatic rings. The summed E-state index contributed by atoms with van der Waals surface area (Å²) in [6.07, 6.45) is 1.51. The molecule has 0 aliphatic carbocycles. The fraction of sp³-hybridized carbons (Fsp3) is 0.130. The molecule has 1 aliphatic rings. The molecule has 164 valence electrons. The van der Waals surface area contributed by atoms with Crippen LogP contribution in [0.15, 0.2) is 72.9 Å². The lowest BCUT2D eigenvalue weighted by Gasteiger charge is -2.15. The number of fused-ring (bicyclic) bond motifs is 3. The number of aromatic nitrogens is 3. The van der Waals surface area contributed by atoms with Gasteiger partial charge in [-0.25, -0.2) is 4.98 Å². The molecular formula is C23H18N6O4. The molecule has 3 heterocycles. The Morgan fingerprint density at radius 3 is 2.70 bits per heavy atom. The molecule has 10 heteroatoms. The van der Waals surface area contributed by atoms with E-state index in [1.807, 2.05) is 36.4 Å². The van der Waals surface area contributed by atoms with Crippen molar-refractivity contribution in [1.29, 1.82) is 0 Å². The fourth-order valence-corrected chi connectivity index (χ4v) is 3.98. The molecule has 0 unspecified atom stereocenters. The summed E-state index contributed by atoms with van der Waals surface area (Å²) < 4.78 is 1.77. The number of carbonyl (C=O) groups is 2. The first-order valence-corrected chi connectivity index (χ1v) is 10.2. The maximum absolute atomic E-state index is 13.4. The Bertz CT molecular complexity index is 1380. The van der Waals surface area contributed by atoms with Crippen molar-refractivity contribution in [2.75, 3.05) is 10.2 Å². The Balaban J connectivity index is 1.45. The highest BCUT2D eigenvalue weighted by molar-refractivity contribution is 6.05. The summed E-state index contributed by atoms with van der Waals surface area (Å²) >= 11 is 0. The number of nitro benzene ring substituents is 1. The Hall–Kier alpha value is -4.60. The number of nitro groups is 1. The van der Waals surface area contributed by atoms with Gasteiger partial charge in [-0.3, -0.25) is 34.2 Å². The van der Waals surface area contributed by atoms with E-state index in [-0.39, 0.29) is 24.6 Å². The number of hydrogen-bond donors (Lipinski definition) is 1. The quantitative estimate of drug-likeness (QED) is 0.360. The number of carbonyl (C=O) groups excluding carboxylic acids is 2. The van der Waals surface area contributed by atoms with Gasteiger partial charge in [-0.15, -0.1) is 0 Å². The number of nitrogens with one attached hydrogen (secondary N) is 1. The van der Waals surface area contributed by atoms with E-state index in [1.54, 1.807) is 22.9 Å². The molecule has 0 spiro atoms. The van der Waals surface area contributed by atoms with Crippen LogP contribution in [-0.2, 0) is 16.1 Å². The summed E-state index contributed by atoms with van der Waals surface area (Å²) in [5.74, 6) is -0.236. The van der Waals surface area contributed by atoms with Crippen molar-refractivity contribution in [3.05, 3.63) is 88.7 Å². The average molecular weight is 442 g/mol. The van der Waals surface area contributed by atoms with Gasteiger partial charge in [0.05, 0.1) is 34.6 Å². The smallest absolute Gasteiger partial charge is 0.271 e. The lowest BCUT2D eigenvalue weighted by molar-refractivity contribution is -0.384. The van der Waals surface area contributed by atoms with E-state index >= 15 is 0 Å². The van der Waals surface area contributed by atoms with Crippen LogP contribution in [0.1, 0.15) is 18.2 Å². The van der Waals surface area contributed by atoms with Crippen molar-refractivity contribution in [3.8, 4) is 0 Å². The van der Waals surface area contributed by atoms with E-state index in [4.69, 9.17) is 0 Å². The molecule has 0 saturated heterocycles. The van der Waals surface area contributed by atoms with Gasteiger partial charge >= 0.3 is 0 Å². The Morgan fingerprint density at radius 1 is 1.09 bits per heavy atom. The number of nitrogens with zero attached hydrogens (tertiary/aromatic N) is 5. The van der Waals surface area contributed by atoms with Gasteiger partial charge in [0.1, 0.15) is 6.04 Å². The number of imidazole rings is 1. The van der Waals surface area contributed by atoms with Gasteiger partial charge in [-0.1, -0.05) is 24.3 Å². The number of non-ortho nitro benzene ring substituents is 1. The molecule has 10 nitrogen and oxygen atoms in total. The van der Waals surface area contributed by atoms with E-state index in [1.165, 1.54) is 23.1 Å². The second-order valence-corrected chi connectivity index (χ2v) is 7.59. The minimum absolute atomic E-state index is 0.130. The lowest BCUT2D eigenvalue weighted by Crippen LogP contribution is -2.31. The third kappa shape index (κ3) is 3.78. The number of rotatable bonds is 6. The number of anilines is 2. The second-order valence-electron chi connectivity index (χ2n) is 7.59. The molecule has 1 atom stereocenters. The zero-order valence-electron chi connectivity index (χ0n) is 17.3. The summed E-state index contributed by atoms with van der Waals surface area (Å²) in [5, 5.41) is 13.7. The van der Waals surface area contributed by atoms with Gasteiger partial charge < -0.3 is 5.32 Å². The molecule has 2 aromatic carbocycles. The first-order valence-electron chi connectivity index (χ1n) is 10.2. The number of pyridine rings is 1. The molecule has 0 radical (unpaired) electrons. The molecule has 1 aliphatic heterocycles. The van der Waals surface area contributed by atoms with Crippen LogP contribution in [0.5, 0.6) is 0 Å². The summed E-state index contributed by atoms with van der Waals surface area (Å²) in [6, 6.07) is 17.8. The molecule has 0 fully saturated rings. The van der Waals surface area contributed by atoms with E-state index in [9.17, 15) is 19.7 Å². The first-order chi connectivity index (χ1) is 16.0. The molecule has 2 amide bonds. The summed E-state index contributed by atoms with van der Waals surface area (Å²) in [6.45, 7) is 0.228. The van der Waals surface area contributed by atoms with Gasteiger partial charge in [0.2, 0.25) is 11.9 Å². The van der Waals surface area contributed by atoms with Crippen LogP contribution in [0.25, 0.3) is 11.0 Å². The third-order valence-electron chi connectivity index (χ3n) is 5.45. The number of hydrogen-bond acceptors (Lipinski definition) is 6. The van der Waals surface area contributed by atoms with Crippen molar-refractivity contribution in [1.82, 2.24) is 14.5 Å². The van der Waals surface area contributed by atoms with Crippen molar-refractivity contribution in [3.63, 3.8) is 0 Å². The first kappa shape index (κ1) is 20.3. The Labute approximate surface area is 187 Å². The molecule has 1 N–H and O–H groups in total. The maximum atomic E-state index is 13.4. The number of amides is 2. The van der Waals surface area contributed by atoms with E-state index in [2.05, 4.69) is 15.3 Å². The van der Waals surface area contributed by atoms with E-state index in [0.29, 0.717) is 17.3 Å². The molecule has 33 heavy (non-hydrogen) atoms. The minimum atomic E-state index is -0.796. The zero-order chi connectivity index (χ0) is 22.9. The summed E-state index contributed by atoms with van der Waals surface area (Å²) in [4.78, 5) is 47.1. The summed E-state index contributed by atoms with van der Waals surface area (Å²) in [7, 11) is 0. The molecule has 2 aromatic heterocycles. The van der Waals surface area contributed by atoms with Gasteiger partial charge in [0.15, 0.2) is 0 Å². The maximum Gasteiger partial charge on any atom is 0.271 e. The monoisotopic (exact) mass is 442 g/mol. The standard InChI is InChI=1S/C23H18N6O4/c30-21(25-15-7-5-8-17(12-15)29(32)33)13-20-22(31)27(14-16-6-3-4-11-24-16)23-26-18-9-1-2-10-19(18)28(20)23/h1-12,20H,13-14H2,(H,25,30)/t20-/m0/s1. The van der Waals surface area contributed by atoms with Gasteiger partial charge in [-0.05, 0) is 30.3 Å². The van der Waals surface area contributed by atoms with E-state index in [0.717, 1.165) is 11.0 Å². The zero-order valence-corrected chi connectivity index (χ0v) is 17.3. The minimum Gasteiger partial charge on any atom is -0.326 e. The SMILES string of the molecule is O=C(C[C@H]1C(=O)N(Cc2ccccn2)c2nc3ccccc3n21)Nc1cccc([N+](=O)[O-])c1. The van der Waals surface area contributed by atoms with Crippen molar-refractivity contribution >= 4 is 40.2 Å². The highest BCUT2D eigenvalue weighted by atomic mass is 16.6. The van der Waals surface area contributed by atoms with Crippen LogP contribution in [0, 0.1) is 10.1 Å². The summed E-state index contributed by atoms with van der Waals surface area (Å²) in [5.41, 5.74) is 2.33. The van der Waals surface area contributed by atoms with Crippen LogP contribution >= 0.6 is 0 Å². The van der Waals surface area contributed by atoms with Crippen molar-refractivity contribution < 1.29 is 14.5 Å².